The highest BCUT2D eigenvalue weighted by Crippen LogP contribution is 2.19. The molecule has 3 aromatic heterocycles. The van der Waals surface area contributed by atoms with Gasteiger partial charge in [-0.2, -0.15) is 0 Å². The summed E-state index contributed by atoms with van der Waals surface area (Å²) in [4.78, 5) is 20.7. The summed E-state index contributed by atoms with van der Waals surface area (Å²) in [6.45, 7) is 2.95. The van der Waals surface area contributed by atoms with Crippen molar-refractivity contribution in [1.82, 2.24) is 19.7 Å². The number of amides is 1. The molecule has 22 heavy (non-hydrogen) atoms. The Morgan fingerprint density at radius 3 is 2.82 bits per heavy atom. The highest BCUT2D eigenvalue weighted by molar-refractivity contribution is 7.11. The Kier molecular flexibility index (Phi) is 4.06. The molecule has 0 bridgehead atoms. The molecule has 6 nitrogen and oxygen atoms in total. The number of thiophene rings is 1. The molecule has 0 aliphatic carbocycles. The van der Waals surface area contributed by atoms with Gasteiger partial charge in [-0.3, -0.25) is 9.48 Å². The minimum Gasteiger partial charge on any atom is -0.467 e. The van der Waals surface area contributed by atoms with E-state index in [1.54, 1.807) is 29.5 Å². The minimum atomic E-state index is -0.206. The summed E-state index contributed by atoms with van der Waals surface area (Å²) >= 11 is 1.68. The van der Waals surface area contributed by atoms with Crippen LogP contribution in [-0.4, -0.2) is 25.6 Å². The van der Waals surface area contributed by atoms with Crippen molar-refractivity contribution in [1.29, 1.82) is 0 Å². The van der Waals surface area contributed by atoms with Crippen molar-refractivity contribution in [3.63, 3.8) is 0 Å². The van der Waals surface area contributed by atoms with Gasteiger partial charge in [-0.15, -0.1) is 16.4 Å². The van der Waals surface area contributed by atoms with Crippen molar-refractivity contribution in [2.45, 2.75) is 20.0 Å². The second-order valence-corrected chi connectivity index (χ2v) is 6.37. The van der Waals surface area contributed by atoms with E-state index < -0.39 is 0 Å². The van der Waals surface area contributed by atoms with Gasteiger partial charge < -0.3 is 9.32 Å². The van der Waals surface area contributed by atoms with Crippen LogP contribution in [0.5, 0.6) is 0 Å². The van der Waals surface area contributed by atoms with Crippen LogP contribution in [-0.2, 0) is 20.1 Å². The van der Waals surface area contributed by atoms with E-state index >= 15 is 0 Å². The number of carbonyl (C=O) groups excluding carboxylic acids is 1. The molecule has 0 atom stereocenters. The van der Waals surface area contributed by atoms with Crippen LogP contribution in [0, 0.1) is 6.92 Å². The summed E-state index contributed by atoms with van der Waals surface area (Å²) in [6, 6.07) is 7.75. The normalized spacial score (nSPS) is 10.8. The maximum absolute atomic E-state index is 12.6. The maximum Gasteiger partial charge on any atom is 0.294 e. The number of furan rings is 1. The summed E-state index contributed by atoms with van der Waals surface area (Å²) in [6.07, 6.45) is 3.12. The van der Waals surface area contributed by atoms with Gasteiger partial charge in [-0.05, 0) is 31.2 Å². The molecule has 0 aliphatic heterocycles. The van der Waals surface area contributed by atoms with Crippen molar-refractivity contribution in [2.75, 3.05) is 0 Å². The Bertz CT molecular complexity index is 760. The molecule has 0 spiro atoms. The lowest BCUT2D eigenvalue weighted by Gasteiger charge is -2.19. The molecule has 0 radical (unpaired) electrons. The molecule has 0 aliphatic rings. The highest BCUT2D eigenvalue weighted by atomic mass is 32.1. The number of hydrogen-bond acceptors (Lipinski definition) is 5. The smallest absolute Gasteiger partial charge is 0.294 e. The number of hydrogen-bond donors (Lipinski definition) is 0. The monoisotopic (exact) mass is 316 g/mol. The van der Waals surface area contributed by atoms with Crippen molar-refractivity contribution in [2.24, 2.45) is 7.05 Å². The topological polar surface area (TPSA) is 64.2 Å². The van der Waals surface area contributed by atoms with Crippen molar-refractivity contribution >= 4 is 17.2 Å². The Hall–Kier alpha value is -2.41. The number of carbonyl (C=O) groups is 1. The first-order valence-corrected chi connectivity index (χ1v) is 7.66. The number of nitrogens with zero attached hydrogens (tertiary/aromatic N) is 4. The number of aromatic nitrogens is 3. The van der Waals surface area contributed by atoms with Gasteiger partial charge in [0.1, 0.15) is 12.1 Å². The summed E-state index contributed by atoms with van der Waals surface area (Å²) in [5.41, 5.74) is 0. The van der Waals surface area contributed by atoms with E-state index in [2.05, 4.69) is 16.1 Å². The summed E-state index contributed by atoms with van der Waals surface area (Å²) in [7, 11) is 1.74. The van der Waals surface area contributed by atoms with Gasteiger partial charge in [0, 0.05) is 16.8 Å². The largest absolute Gasteiger partial charge is 0.467 e. The van der Waals surface area contributed by atoms with E-state index in [1.165, 1.54) is 15.9 Å². The average molecular weight is 316 g/mol. The molecular formula is C15H16N4O2S. The molecule has 3 aromatic rings. The third-order valence-electron chi connectivity index (χ3n) is 3.15. The Morgan fingerprint density at radius 1 is 1.36 bits per heavy atom. The highest BCUT2D eigenvalue weighted by Gasteiger charge is 2.21. The Morgan fingerprint density at radius 2 is 2.23 bits per heavy atom. The quantitative estimate of drug-likeness (QED) is 0.726. The molecule has 0 aromatic carbocycles. The summed E-state index contributed by atoms with van der Waals surface area (Å²) in [5.74, 6) is 0.725. The lowest BCUT2D eigenvalue weighted by molar-refractivity contribution is 0.0707. The van der Waals surface area contributed by atoms with E-state index in [0.29, 0.717) is 13.1 Å². The molecule has 0 unspecified atom stereocenters. The fraction of sp³-hybridized carbons (Fsp3) is 0.267. The number of aryl methyl sites for hydroxylation is 2. The van der Waals surface area contributed by atoms with Crippen LogP contribution < -0.4 is 0 Å². The third-order valence-corrected chi connectivity index (χ3v) is 4.13. The van der Waals surface area contributed by atoms with E-state index in [-0.39, 0.29) is 11.7 Å². The molecule has 0 saturated carbocycles. The first-order valence-electron chi connectivity index (χ1n) is 6.84. The van der Waals surface area contributed by atoms with Gasteiger partial charge >= 0.3 is 0 Å². The zero-order valence-corrected chi connectivity index (χ0v) is 13.2. The lowest BCUT2D eigenvalue weighted by atomic mass is 10.3. The fourth-order valence-corrected chi connectivity index (χ4v) is 3.03. The Balaban J connectivity index is 1.83. The zero-order valence-electron chi connectivity index (χ0n) is 12.4. The van der Waals surface area contributed by atoms with Crippen LogP contribution in [0.3, 0.4) is 0 Å². The van der Waals surface area contributed by atoms with E-state index in [1.807, 2.05) is 25.1 Å². The lowest BCUT2D eigenvalue weighted by Crippen LogP contribution is -2.30. The molecule has 0 saturated heterocycles. The molecule has 3 rings (SSSR count). The number of rotatable bonds is 5. The third kappa shape index (κ3) is 3.25. The molecule has 3 heterocycles. The van der Waals surface area contributed by atoms with Crippen LogP contribution in [0.4, 0.5) is 0 Å². The molecule has 1 amide bonds. The van der Waals surface area contributed by atoms with E-state index in [4.69, 9.17) is 4.42 Å². The van der Waals surface area contributed by atoms with Gasteiger partial charge in [0.25, 0.3) is 5.91 Å². The van der Waals surface area contributed by atoms with Gasteiger partial charge in [-0.1, -0.05) is 0 Å². The SMILES string of the molecule is Cc1ccc(CN(Cc2ccco2)C(=O)c2ncn(C)n2)s1. The average Bonchev–Trinajstić information content (AvgIpc) is 3.21. The second kappa shape index (κ2) is 6.15. The fourth-order valence-electron chi connectivity index (χ4n) is 2.13. The van der Waals surface area contributed by atoms with Crippen LogP contribution >= 0.6 is 11.3 Å². The van der Waals surface area contributed by atoms with Crippen LogP contribution in [0.2, 0.25) is 0 Å². The minimum absolute atomic E-state index is 0.197. The summed E-state index contributed by atoms with van der Waals surface area (Å²) in [5, 5.41) is 4.09. The zero-order chi connectivity index (χ0) is 15.5. The second-order valence-electron chi connectivity index (χ2n) is 4.99. The molecule has 0 N–H and O–H groups in total. The van der Waals surface area contributed by atoms with Crippen LogP contribution in [0.25, 0.3) is 0 Å². The van der Waals surface area contributed by atoms with Crippen LogP contribution in [0.15, 0.2) is 41.3 Å². The van der Waals surface area contributed by atoms with Crippen molar-refractivity contribution < 1.29 is 9.21 Å². The van der Waals surface area contributed by atoms with Gasteiger partial charge in [0.05, 0.1) is 19.4 Å². The van der Waals surface area contributed by atoms with Crippen molar-refractivity contribution in [3.05, 3.63) is 58.2 Å². The standard InChI is InChI=1S/C15H16N4O2S/c1-11-5-6-13(22-11)9-19(8-12-4-3-7-21-12)15(20)14-16-10-18(2)17-14/h3-7,10H,8-9H2,1-2H3. The summed E-state index contributed by atoms with van der Waals surface area (Å²) < 4.78 is 6.88. The van der Waals surface area contributed by atoms with Gasteiger partial charge in [0.15, 0.2) is 0 Å². The predicted molar refractivity (Wildman–Crippen MR) is 82.3 cm³/mol. The molecule has 0 fully saturated rings. The predicted octanol–water partition coefficient (Wildman–Crippen LogP) is 2.62. The maximum atomic E-state index is 12.6. The van der Waals surface area contributed by atoms with Crippen molar-refractivity contribution in [3.8, 4) is 0 Å². The van der Waals surface area contributed by atoms with Gasteiger partial charge in [-0.25, -0.2) is 4.98 Å². The first-order chi connectivity index (χ1) is 10.6. The molecule has 114 valence electrons. The van der Waals surface area contributed by atoms with Gasteiger partial charge in [0.2, 0.25) is 5.82 Å². The van der Waals surface area contributed by atoms with E-state index in [0.717, 1.165) is 10.6 Å². The Labute approximate surface area is 132 Å². The first kappa shape index (κ1) is 14.5. The van der Waals surface area contributed by atoms with E-state index in [9.17, 15) is 4.79 Å². The molecular weight excluding hydrogens is 300 g/mol. The molecule has 7 heteroatoms. The van der Waals surface area contributed by atoms with Crippen LogP contribution in [0.1, 0.15) is 26.1 Å².